The molecule has 0 aromatic heterocycles. The summed E-state index contributed by atoms with van der Waals surface area (Å²) in [4.78, 5) is 23.4. The maximum atomic E-state index is 12.5. The van der Waals surface area contributed by atoms with Crippen LogP contribution in [-0.4, -0.2) is 29.8 Å². The Hall–Kier alpha value is -1.88. The third kappa shape index (κ3) is 5.10. The summed E-state index contributed by atoms with van der Waals surface area (Å²) in [5, 5.41) is 8.99. The highest BCUT2D eigenvalue weighted by Gasteiger charge is 2.61. The number of Topliss-reactive ketones (excluding diaryl/α,β-unsaturated/α-hetero) is 1. The van der Waals surface area contributed by atoms with Crippen molar-refractivity contribution in [3.05, 3.63) is 35.9 Å². The Labute approximate surface area is 222 Å². The van der Waals surface area contributed by atoms with Crippen LogP contribution in [0.1, 0.15) is 90.5 Å². The fourth-order valence-corrected chi connectivity index (χ4v) is 9.79. The lowest BCUT2D eigenvalue weighted by Crippen LogP contribution is -2.54. The van der Waals surface area contributed by atoms with Crippen LogP contribution < -0.4 is 0 Å². The van der Waals surface area contributed by atoms with E-state index in [4.69, 9.17) is 14.6 Å². The van der Waals surface area contributed by atoms with Crippen molar-refractivity contribution in [1.82, 2.24) is 0 Å². The predicted octanol–water partition coefficient (Wildman–Crippen LogP) is 7.52. The number of hydrogen-bond acceptors (Lipinski definition) is 4. The minimum absolute atomic E-state index is 0.0163. The van der Waals surface area contributed by atoms with Crippen molar-refractivity contribution in [3.8, 4) is 0 Å². The van der Waals surface area contributed by atoms with Crippen LogP contribution in [0.15, 0.2) is 30.3 Å². The highest BCUT2D eigenvalue weighted by atomic mass is 16.7. The van der Waals surface area contributed by atoms with E-state index in [1.54, 1.807) is 0 Å². The molecule has 4 aliphatic rings. The number of benzene rings is 1. The number of carboxylic acid groups (broad SMARTS) is 1. The van der Waals surface area contributed by atoms with Gasteiger partial charge in [-0.05, 0) is 111 Å². The zero-order valence-electron chi connectivity index (χ0n) is 23.0. The van der Waals surface area contributed by atoms with E-state index in [2.05, 4.69) is 26.0 Å². The Morgan fingerprint density at radius 2 is 1.70 bits per heavy atom. The van der Waals surface area contributed by atoms with Gasteiger partial charge in [0.25, 0.3) is 0 Å². The second kappa shape index (κ2) is 10.7. The van der Waals surface area contributed by atoms with Crippen molar-refractivity contribution >= 4 is 11.9 Å². The van der Waals surface area contributed by atoms with E-state index in [1.165, 1.54) is 44.9 Å². The molecule has 0 aliphatic heterocycles. The quantitative estimate of drug-likeness (QED) is 0.366. The van der Waals surface area contributed by atoms with Gasteiger partial charge in [0.05, 0.1) is 19.3 Å². The van der Waals surface area contributed by atoms with Gasteiger partial charge >= 0.3 is 6.16 Å². The largest absolute Gasteiger partial charge is 0.505 e. The Balaban J connectivity index is 1.27. The number of fused-ring (bicyclic) bond motifs is 5. The van der Waals surface area contributed by atoms with Gasteiger partial charge in [0.1, 0.15) is 5.78 Å². The van der Waals surface area contributed by atoms with E-state index in [1.807, 2.05) is 25.1 Å². The number of ketones is 1. The smallest absolute Gasteiger partial charge is 0.450 e. The van der Waals surface area contributed by atoms with Crippen LogP contribution in [0.25, 0.3) is 0 Å². The van der Waals surface area contributed by atoms with Gasteiger partial charge in [0, 0.05) is 12.3 Å². The molecule has 5 heteroatoms. The summed E-state index contributed by atoms with van der Waals surface area (Å²) in [7, 11) is 0. The van der Waals surface area contributed by atoms with E-state index >= 15 is 0 Å². The molecule has 0 amide bonds. The molecular weight excluding hydrogens is 464 g/mol. The van der Waals surface area contributed by atoms with E-state index in [0.717, 1.165) is 30.2 Å². The number of rotatable bonds is 8. The van der Waals surface area contributed by atoms with Gasteiger partial charge in [-0.1, -0.05) is 44.2 Å². The standard InChI is InChI=1S/C32H46O5/c1-21(33)26-11-12-27-25-10-9-24-19-23(13-16-31(24,2)28(25)14-17-32(26,27)3)29(15-18-36-30(34)35)37-20-22-7-5-4-6-8-22/h4-8,23-29H,9-20H2,1-3H3,(H,34,35)/t23-,24+,25+,26-,27+,28+,29?,31+,32-/m1/s1. The van der Waals surface area contributed by atoms with Crippen LogP contribution in [0, 0.1) is 46.3 Å². The van der Waals surface area contributed by atoms with Crippen LogP contribution >= 0.6 is 0 Å². The van der Waals surface area contributed by atoms with Crippen molar-refractivity contribution in [3.63, 3.8) is 0 Å². The molecule has 0 radical (unpaired) electrons. The van der Waals surface area contributed by atoms with Crippen LogP contribution in [0.4, 0.5) is 4.79 Å². The van der Waals surface area contributed by atoms with Crippen LogP contribution in [-0.2, 0) is 20.9 Å². The van der Waals surface area contributed by atoms with E-state index < -0.39 is 6.16 Å². The van der Waals surface area contributed by atoms with Gasteiger partial charge < -0.3 is 14.6 Å². The molecule has 9 atom stereocenters. The molecule has 5 rings (SSSR count). The minimum Gasteiger partial charge on any atom is -0.450 e. The summed E-state index contributed by atoms with van der Waals surface area (Å²) in [6, 6.07) is 10.2. The second-order valence-corrected chi connectivity index (χ2v) is 13.2. The molecule has 204 valence electrons. The van der Waals surface area contributed by atoms with Crippen molar-refractivity contribution in [2.75, 3.05) is 6.61 Å². The lowest BCUT2D eigenvalue weighted by Gasteiger charge is -2.61. The summed E-state index contributed by atoms with van der Waals surface area (Å²) in [5.74, 6) is 4.09. The molecule has 1 aromatic carbocycles. The Kier molecular flexibility index (Phi) is 7.73. The third-order valence-corrected chi connectivity index (χ3v) is 11.7. The molecule has 5 nitrogen and oxygen atoms in total. The SMILES string of the molecule is CC(=O)[C@H]1CC[C@H]2[C@@H]3CC[C@H]4C[C@H](C(CCOC(=O)O)OCc5ccccc5)CC[C@]4(C)[C@H]3CC[C@]12C. The van der Waals surface area contributed by atoms with E-state index in [0.29, 0.717) is 42.0 Å². The predicted molar refractivity (Wildman–Crippen MR) is 143 cm³/mol. The fourth-order valence-electron chi connectivity index (χ4n) is 9.79. The Bertz CT molecular complexity index is 961. The van der Waals surface area contributed by atoms with Crippen LogP contribution in [0.2, 0.25) is 0 Å². The van der Waals surface area contributed by atoms with Gasteiger partial charge in [0.15, 0.2) is 0 Å². The second-order valence-electron chi connectivity index (χ2n) is 13.2. The molecule has 4 fully saturated rings. The lowest BCUT2D eigenvalue weighted by atomic mass is 9.44. The van der Waals surface area contributed by atoms with Gasteiger partial charge in [-0.3, -0.25) is 4.79 Å². The fraction of sp³-hybridized carbons (Fsp3) is 0.750. The van der Waals surface area contributed by atoms with Gasteiger partial charge in [-0.2, -0.15) is 0 Å². The molecule has 0 bridgehead atoms. The molecule has 0 heterocycles. The van der Waals surface area contributed by atoms with Crippen molar-refractivity contribution < 1.29 is 24.2 Å². The summed E-state index contributed by atoms with van der Waals surface area (Å²) in [5.41, 5.74) is 1.74. The van der Waals surface area contributed by atoms with Crippen LogP contribution in [0.5, 0.6) is 0 Å². The monoisotopic (exact) mass is 510 g/mol. The molecule has 4 saturated carbocycles. The number of ether oxygens (including phenoxy) is 2. The lowest BCUT2D eigenvalue weighted by molar-refractivity contribution is -0.140. The molecule has 0 saturated heterocycles. The number of carbonyl (C=O) groups excluding carboxylic acids is 1. The molecule has 4 aliphatic carbocycles. The Morgan fingerprint density at radius 1 is 0.973 bits per heavy atom. The average molecular weight is 511 g/mol. The third-order valence-electron chi connectivity index (χ3n) is 11.7. The molecular formula is C32H46O5. The molecule has 1 unspecified atom stereocenters. The Morgan fingerprint density at radius 3 is 2.43 bits per heavy atom. The summed E-state index contributed by atoms with van der Waals surface area (Å²) in [6.07, 6.45) is 10.4. The molecule has 37 heavy (non-hydrogen) atoms. The highest BCUT2D eigenvalue weighted by Crippen LogP contribution is 2.68. The van der Waals surface area contributed by atoms with E-state index in [-0.39, 0.29) is 24.0 Å². The first-order valence-electron chi connectivity index (χ1n) is 14.7. The number of carbonyl (C=O) groups is 2. The van der Waals surface area contributed by atoms with E-state index in [9.17, 15) is 9.59 Å². The number of hydrogen-bond donors (Lipinski definition) is 1. The molecule has 0 spiro atoms. The normalized spacial score (nSPS) is 39.6. The van der Waals surface area contributed by atoms with Gasteiger partial charge in [-0.15, -0.1) is 0 Å². The topological polar surface area (TPSA) is 72.8 Å². The van der Waals surface area contributed by atoms with Crippen molar-refractivity contribution in [2.45, 2.75) is 97.7 Å². The molecule has 1 N–H and O–H groups in total. The summed E-state index contributed by atoms with van der Waals surface area (Å²) < 4.78 is 11.4. The molecule has 1 aromatic rings. The first-order chi connectivity index (χ1) is 17.7. The maximum absolute atomic E-state index is 12.5. The summed E-state index contributed by atoms with van der Waals surface area (Å²) >= 11 is 0. The zero-order chi connectivity index (χ0) is 26.2. The maximum Gasteiger partial charge on any atom is 0.505 e. The minimum atomic E-state index is -1.21. The van der Waals surface area contributed by atoms with Gasteiger partial charge in [-0.25, -0.2) is 4.79 Å². The zero-order valence-corrected chi connectivity index (χ0v) is 23.0. The first kappa shape index (κ1) is 26.7. The first-order valence-corrected chi connectivity index (χ1v) is 14.7. The highest BCUT2D eigenvalue weighted by molar-refractivity contribution is 5.79. The van der Waals surface area contributed by atoms with Crippen molar-refractivity contribution in [1.29, 1.82) is 0 Å². The van der Waals surface area contributed by atoms with Gasteiger partial charge in [0.2, 0.25) is 0 Å². The average Bonchev–Trinajstić information content (AvgIpc) is 3.24. The van der Waals surface area contributed by atoms with Crippen molar-refractivity contribution in [2.24, 2.45) is 46.3 Å². The summed E-state index contributed by atoms with van der Waals surface area (Å²) in [6.45, 7) is 7.58. The van der Waals surface area contributed by atoms with Crippen LogP contribution in [0.3, 0.4) is 0 Å².